The van der Waals surface area contributed by atoms with Crippen LogP contribution in [-0.2, 0) is 23.7 Å². The summed E-state index contributed by atoms with van der Waals surface area (Å²) in [6.45, 7) is 4.53. The van der Waals surface area contributed by atoms with Gasteiger partial charge in [-0.1, -0.05) is 172 Å². The molecule has 9 nitrogen and oxygen atoms in total. The summed E-state index contributed by atoms with van der Waals surface area (Å²) in [6.07, 6.45) is 43.1. The van der Waals surface area contributed by atoms with Crippen molar-refractivity contribution in [3.63, 3.8) is 0 Å². The molecule has 6 unspecified atom stereocenters. The van der Waals surface area contributed by atoms with E-state index >= 15 is 0 Å². The molecule has 6 atom stereocenters. The van der Waals surface area contributed by atoms with E-state index in [9.17, 15) is 25.2 Å². The van der Waals surface area contributed by atoms with Gasteiger partial charge < -0.3 is 39.4 Å². The zero-order valence-electron chi connectivity index (χ0n) is 38.0. The van der Waals surface area contributed by atoms with Crippen molar-refractivity contribution in [1.82, 2.24) is 0 Å². The first-order chi connectivity index (χ1) is 28.9. The molecular weight excluding hydrogens is 745 g/mol. The number of hydrogen-bond donors (Lipinski definition) is 4. The molecule has 1 fully saturated rings. The Labute approximate surface area is 361 Å². The molecule has 0 aliphatic carbocycles. The highest BCUT2D eigenvalue weighted by molar-refractivity contribution is 5.69. The zero-order chi connectivity index (χ0) is 42.9. The van der Waals surface area contributed by atoms with Crippen molar-refractivity contribution in [3.05, 3.63) is 36.5 Å². The smallest absolute Gasteiger partial charge is 0.306 e. The third-order valence-corrected chi connectivity index (χ3v) is 11.3. The Hall–Kier alpha value is -1.59. The minimum atomic E-state index is -1.54. The number of aliphatic hydroxyl groups is 4. The quantitative estimate of drug-likeness (QED) is 0.0269. The summed E-state index contributed by atoms with van der Waals surface area (Å²) in [5, 5.41) is 40.2. The monoisotopic (exact) mass is 837 g/mol. The van der Waals surface area contributed by atoms with E-state index in [4.69, 9.17) is 18.9 Å². The number of esters is 1. The van der Waals surface area contributed by atoms with Crippen LogP contribution in [0.15, 0.2) is 36.5 Å². The van der Waals surface area contributed by atoms with Gasteiger partial charge in [-0.05, 0) is 70.6 Å². The number of hydrogen-bond acceptors (Lipinski definition) is 9. The lowest BCUT2D eigenvalue weighted by molar-refractivity contribution is -0.305. The number of ether oxygens (including phenoxy) is 4. The molecule has 1 heterocycles. The first-order valence-electron chi connectivity index (χ1n) is 24.6. The topological polar surface area (TPSA) is 135 Å². The van der Waals surface area contributed by atoms with Gasteiger partial charge in [0.25, 0.3) is 0 Å². The number of allylic oxidation sites excluding steroid dienone is 6. The van der Waals surface area contributed by atoms with E-state index in [1.165, 1.54) is 141 Å². The number of rotatable bonds is 42. The summed E-state index contributed by atoms with van der Waals surface area (Å²) in [7, 11) is 0. The second-order valence-electron chi connectivity index (χ2n) is 16.9. The van der Waals surface area contributed by atoms with Crippen LogP contribution < -0.4 is 0 Å². The molecule has 1 aliphatic rings. The van der Waals surface area contributed by atoms with Gasteiger partial charge in [0.05, 0.1) is 19.8 Å². The second-order valence-corrected chi connectivity index (χ2v) is 16.9. The molecule has 4 N–H and O–H groups in total. The van der Waals surface area contributed by atoms with Gasteiger partial charge in [-0.2, -0.15) is 0 Å². The van der Waals surface area contributed by atoms with Crippen LogP contribution in [0.4, 0.5) is 0 Å². The number of aliphatic hydroxyl groups excluding tert-OH is 4. The van der Waals surface area contributed by atoms with Crippen LogP contribution in [0.1, 0.15) is 213 Å². The van der Waals surface area contributed by atoms with Gasteiger partial charge in [0.2, 0.25) is 0 Å². The molecule has 0 radical (unpaired) electrons. The van der Waals surface area contributed by atoms with E-state index in [2.05, 4.69) is 50.3 Å². The fourth-order valence-corrected chi connectivity index (χ4v) is 7.40. The van der Waals surface area contributed by atoms with Gasteiger partial charge >= 0.3 is 5.97 Å². The highest BCUT2D eigenvalue weighted by Crippen LogP contribution is 2.23. The minimum Gasteiger partial charge on any atom is -0.457 e. The molecule has 1 aliphatic heterocycles. The summed E-state index contributed by atoms with van der Waals surface area (Å²) in [6, 6.07) is 0. The average molecular weight is 837 g/mol. The third-order valence-electron chi connectivity index (χ3n) is 11.3. The van der Waals surface area contributed by atoms with Gasteiger partial charge in [-0.3, -0.25) is 4.79 Å². The Balaban J connectivity index is 2.23. The van der Waals surface area contributed by atoms with Gasteiger partial charge in [-0.25, -0.2) is 0 Å². The van der Waals surface area contributed by atoms with Crippen LogP contribution in [-0.4, -0.2) is 89.6 Å². The van der Waals surface area contributed by atoms with Crippen LogP contribution >= 0.6 is 0 Å². The van der Waals surface area contributed by atoms with Gasteiger partial charge in [-0.15, -0.1) is 0 Å². The first kappa shape index (κ1) is 55.4. The Morgan fingerprint density at radius 3 is 1.49 bits per heavy atom. The third kappa shape index (κ3) is 32.7. The van der Waals surface area contributed by atoms with E-state index in [0.717, 1.165) is 51.4 Å². The van der Waals surface area contributed by atoms with Crippen molar-refractivity contribution in [2.75, 3.05) is 26.4 Å². The van der Waals surface area contributed by atoms with Crippen LogP contribution in [0.5, 0.6) is 0 Å². The standard InChI is InChI=1S/C50H92O9/c1-3-5-7-9-11-13-15-17-19-21-22-23-25-27-29-31-33-35-37-39-46(52)58-44(43-57-50-49(55)48(54)47(53)45(41-51)59-50)42-56-40-38-36-34-32-30-28-26-24-20-18-16-14-12-10-8-6-4-2/h14,16-17,19-20,24,44-45,47-51,53-55H,3-13,15,18,21-23,25-43H2,1-2H3/b16-14-,19-17-,24-20-. The largest absolute Gasteiger partial charge is 0.457 e. The normalized spacial score (nSPS) is 20.4. The van der Waals surface area contributed by atoms with Crippen molar-refractivity contribution in [2.24, 2.45) is 0 Å². The Bertz CT molecular complexity index is 999. The maximum atomic E-state index is 12.8. The van der Waals surface area contributed by atoms with Gasteiger partial charge in [0.15, 0.2) is 6.29 Å². The summed E-state index contributed by atoms with van der Waals surface area (Å²) in [5.74, 6) is -0.318. The van der Waals surface area contributed by atoms with Gasteiger partial charge in [0, 0.05) is 13.0 Å². The predicted molar refractivity (Wildman–Crippen MR) is 242 cm³/mol. The average Bonchev–Trinajstić information content (AvgIpc) is 3.24. The summed E-state index contributed by atoms with van der Waals surface area (Å²) < 4.78 is 22.9. The Morgan fingerprint density at radius 1 is 0.542 bits per heavy atom. The maximum Gasteiger partial charge on any atom is 0.306 e. The molecular formula is C50H92O9. The van der Waals surface area contributed by atoms with Crippen LogP contribution in [0.25, 0.3) is 0 Å². The van der Waals surface area contributed by atoms with E-state index in [-0.39, 0.29) is 19.2 Å². The summed E-state index contributed by atoms with van der Waals surface area (Å²) in [4.78, 5) is 12.8. The van der Waals surface area contributed by atoms with E-state index in [0.29, 0.717) is 13.0 Å². The zero-order valence-corrected chi connectivity index (χ0v) is 38.0. The van der Waals surface area contributed by atoms with Crippen molar-refractivity contribution in [2.45, 2.75) is 250 Å². The minimum absolute atomic E-state index is 0.117. The molecule has 0 aromatic heterocycles. The fourth-order valence-electron chi connectivity index (χ4n) is 7.40. The molecule has 0 bridgehead atoms. The van der Waals surface area contributed by atoms with Crippen molar-refractivity contribution in [1.29, 1.82) is 0 Å². The highest BCUT2D eigenvalue weighted by Gasteiger charge is 2.44. The second kappa shape index (κ2) is 41.7. The molecule has 0 spiro atoms. The molecule has 0 aromatic carbocycles. The number of carbonyl (C=O) groups excluding carboxylic acids is 1. The van der Waals surface area contributed by atoms with Gasteiger partial charge in [0.1, 0.15) is 30.5 Å². The maximum absolute atomic E-state index is 12.8. The van der Waals surface area contributed by atoms with Crippen molar-refractivity contribution >= 4 is 5.97 Å². The molecule has 0 aromatic rings. The molecule has 346 valence electrons. The lowest BCUT2D eigenvalue weighted by Gasteiger charge is -2.39. The summed E-state index contributed by atoms with van der Waals surface area (Å²) >= 11 is 0. The van der Waals surface area contributed by atoms with Crippen LogP contribution in [0, 0.1) is 0 Å². The van der Waals surface area contributed by atoms with Crippen molar-refractivity contribution in [3.8, 4) is 0 Å². The summed E-state index contributed by atoms with van der Waals surface area (Å²) in [5.41, 5.74) is 0. The lowest BCUT2D eigenvalue weighted by Crippen LogP contribution is -2.59. The molecule has 0 amide bonds. The fraction of sp³-hybridized carbons (Fsp3) is 0.860. The molecule has 9 heteroatoms. The van der Waals surface area contributed by atoms with Crippen molar-refractivity contribution < 1.29 is 44.2 Å². The van der Waals surface area contributed by atoms with E-state index in [1.54, 1.807) is 0 Å². The molecule has 1 rings (SSSR count). The SMILES string of the molecule is CCCCCC/C=C\C/C=C\CCCCCCCCOCC(COC1OC(CO)C(O)C(O)C1O)OC(=O)CCCCCCCCCCC/C=C\CCCCCCCC. The number of carbonyl (C=O) groups is 1. The number of unbranched alkanes of at least 4 members (excludes halogenated alkanes) is 25. The molecule has 1 saturated heterocycles. The Morgan fingerprint density at radius 2 is 0.983 bits per heavy atom. The predicted octanol–water partition coefficient (Wildman–Crippen LogP) is 11.5. The Kier molecular flexibility index (Phi) is 39.2. The molecule has 0 saturated carbocycles. The lowest BCUT2D eigenvalue weighted by atomic mass is 9.99. The van der Waals surface area contributed by atoms with E-state index in [1.807, 2.05) is 0 Å². The highest BCUT2D eigenvalue weighted by atomic mass is 16.7. The molecule has 59 heavy (non-hydrogen) atoms. The van der Waals surface area contributed by atoms with E-state index < -0.39 is 43.4 Å². The van der Waals surface area contributed by atoms with Crippen LogP contribution in [0.2, 0.25) is 0 Å². The first-order valence-corrected chi connectivity index (χ1v) is 24.6. The van der Waals surface area contributed by atoms with Crippen LogP contribution in [0.3, 0.4) is 0 Å².